The minimum Gasteiger partial charge on any atom is -0.478 e. The van der Waals surface area contributed by atoms with Crippen molar-refractivity contribution in [2.45, 2.75) is 62.2 Å². The minimum absolute atomic E-state index is 0.0662. The number of ether oxygens (including phenoxy) is 2. The first-order chi connectivity index (χ1) is 20.4. The molecule has 1 aromatic heterocycles. The lowest BCUT2D eigenvalue weighted by Gasteiger charge is -2.36. The predicted molar refractivity (Wildman–Crippen MR) is 154 cm³/mol. The van der Waals surface area contributed by atoms with Gasteiger partial charge in [0, 0.05) is 42.5 Å². The number of hydrogen-bond acceptors (Lipinski definition) is 9. The van der Waals surface area contributed by atoms with Gasteiger partial charge in [-0.2, -0.15) is 0 Å². The third-order valence-electron chi connectivity index (χ3n) is 6.65. The second-order valence-corrected chi connectivity index (χ2v) is 10.7. The fourth-order valence-electron chi connectivity index (χ4n) is 4.48. The summed E-state index contributed by atoms with van der Waals surface area (Å²) in [5, 5.41) is 30.8. The number of aromatic nitrogens is 1. The highest BCUT2D eigenvalue weighted by Crippen LogP contribution is 2.40. The zero-order chi connectivity index (χ0) is 29.9. The van der Waals surface area contributed by atoms with Crippen LogP contribution in [0.1, 0.15) is 71.5 Å². The molecule has 12 heteroatoms. The number of unbranched alkanes of at least 4 members (excludes halogenated alkanes) is 1. The molecule has 3 atom stereocenters. The van der Waals surface area contributed by atoms with Crippen molar-refractivity contribution in [1.29, 1.82) is 0 Å². The summed E-state index contributed by atoms with van der Waals surface area (Å²) < 4.78 is 12.7. The Kier molecular flexibility index (Phi) is 11.4. The van der Waals surface area contributed by atoms with Gasteiger partial charge in [0.05, 0.1) is 24.4 Å². The van der Waals surface area contributed by atoms with Crippen molar-refractivity contribution in [3.8, 4) is 0 Å². The van der Waals surface area contributed by atoms with E-state index in [1.54, 1.807) is 35.9 Å². The van der Waals surface area contributed by atoms with Crippen LogP contribution in [-0.4, -0.2) is 50.0 Å². The van der Waals surface area contributed by atoms with Crippen LogP contribution < -0.4 is 10.8 Å². The summed E-state index contributed by atoms with van der Waals surface area (Å²) in [6.07, 6.45) is 1.98. The Morgan fingerprint density at radius 3 is 2.43 bits per heavy atom. The molecule has 3 aromatic rings. The number of nitrogens with zero attached hydrogens (tertiary/aromatic N) is 1. The average molecular weight is 596 g/mol. The summed E-state index contributed by atoms with van der Waals surface area (Å²) >= 11 is 1.31. The molecule has 0 spiro atoms. The molecule has 1 aliphatic heterocycles. The van der Waals surface area contributed by atoms with Crippen LogP contribution in [0.5, 0.6) is 0 Å². The van der Waals surface area contributed by atoms with Crippen molar-refractivity contribution < 1.29 is 39.3 Å². The summed E-state index contributed by atoms with van der Waals surface area (Å²) in [5.74, 6) is -1.31. The number of carboxylic acids is 1. The predicted octanol–water partition coefficient (Wildman–Crippen LogP) is 4.61. The fourth-order valence-corrected chi connectivity index (χ4v) is 5.48. The van der Waals surface area contributed by atoms with E-state index in [0.29, 0.717) is 41.3 Å². The van der Waals surface area contributed by atoms with Crippen LogP contribution in [0.25, 0.3) is 0 Å². The molecule has 0 bridgehead atoms. The van der Waals surface area contributed by atoms with Crippen LogP contribution in [0.3, 0.4) is 0 Å². The number of anilines is 1. The molecule has 2 heterocycles. The van der Waals surface area contributed by atoms with E-state index in [9.17, 15) is 24.6 Å². The maximum absolute atomic E-state index is 12.5. The Labute approximate surface area is 247 Å². The highest BCUT2D eigenvalue weighted by Gasteiger charge is 2.32. The largest absolute Gasteiger partial charge is 0.478 e. The van der Waals surface area contributed by atoms with Crippen molar-refractivity contribution in [3.63, 3.8) is 0 Å². The van der Waals surface area contributed by atoms with Crippen molar-refractivity contribution in [3.05, 3.63) is 89.1 Å². The number of carbonyl (C=O) groups is 3. The van der Waals surface area contributed by atoms with Crippen molar-refractivity contribution >= 4 is 35.2 Å². The van der Waals surface area contributed by atoms with Crippen molar-refractivity contribution in [1.82, 2.24) is 10.5 Å². The zero-order valence-corrected chi connectivity index (χ0v) is 23.6. The lowest BCUT2D eigenvalue weighted by Crippen LogP contribution is -2.31. The SMILES string of the molecule is O=C(CCCCC(=O)Nc1cccc([C@H]2O[C@@H](CSc3ncccc3C(=O)O)C[C@@H](c3ccc(CO)cc3)O2)c1)NO. The minimum atomic E-state index is -1.05. The summed E-state index contributed by atoms with van der Waals surface area (Å²) in [6, 6.07) is 17.8. The molecule has 1 saturated heterocycles. The lowest BCUT2D eigenvalue weighted by atomic mass is 10.0. The van der Waals surface area contributed by atoms with E-state index < -0.39 is 18.2 Å². The second kappa shape index (κ2) is 15.4. The number of rotatable bonds is 13. The number of thioether (sulfide) groups is 1. The van der Waals surface area contributed by atoms with Gasteiger partial charge in [-0.15, -0.1) is 11.8 Å². The maximum Gasteiger partial charge on any atom is 0.338 e. The Bertz CT molecular complexity index is 1370. The topological polar surface area (TPSA) is 167 Å². The van der Waals surface area contributed by atoms with Crippen molar-refractivity contribution in [2.75, 3.05) is 11.1 Å². The zero-order valence-electron chi connectivity index (χ0n) is 22.8. The van der Waals surface area contributed by atoms with E-state index in [-0.39, 0.29) is 43.1 Å². The van der Waals surface area contributed by atoms with E-state index >= 15 is 0 Å². The summed E-state index contributed by atoms with van der Waals surface area (Å²) in [4.78, 5) is 39.5. The highest BCUT2D eigenvalue weighted by atomic mass is 32.2. The first kappa shape index (κ1) is 31.1. The monoisotopic (exact) mass is 595 g/mol. The number of aliphatic hydroxyl groups is 1. The van der Waals surface area contributed by atoms with Gasteiger partial charge in [0.2, 0.25) is 11.8 Å². The van der Waals surface area contributed by atoms with Gasteiger partial charge in [0.25, 0.3) is 0 Å². The van der Waals surface area contributed by atoms with Gasteiger partial charge in [0.1, 0.15) is 5.03 Å². The van der Waals surface area contributed by atoms with Gasteiger partial charge in [-0.05, 0) is 48.2 Å². The number of pyridine rings is 1. The molecule has 11 nitrogen and oxygen atoms in total. The number of aromatic carboxylic acids is 1. The number of carboxylic acid groups (broad SMARTS) is 1. The average Bonchev–Trinajstić information content (AvgIpc) is 3.02. The molecule has 0 saturated carbocycles. The summed E-state index contributed by atoms with van der Waals surface area (Å²) in [7, 11) is 0. The number of benzene rings is 2. The van der Waals surface area contributed by atoms with E-state index in [0.717, 1.165) is 11.1 Å². The van der Waals surface area contributed by atoms with Crippen LogP contribution in [0.2, 0.25) is 0 Å². The first-order valence-electron chi connectivity index (χ1n) is 13.5. The molecular formula is C30H33N3O8S. The van der Waals surface area contributed by atoms with Gasteiger partial charge in [-0.1, -0.05) is 36.4 Å². The molecule has 2 aromatic carbocycles. The van der Waals surface area contributed by atoms with E-state index in [4.69, 9.17) is 14.7 Å². The van der Waals surface area contributed by atoms with Crippen LogP contribution in [0, 0.1) is 0 Å². The highest BCUT2D eigenvalue weighted by molar-refractivity contribution is 7.99. The Morgan fingerprint density at radius 1 is 0.952 bits per heavy atom. The van der Waals surface area contributed by atoms with Gasteiger partial charge < -0.3 is 25.0 Å². The summed E-state index contributed by atoms with van der Waals surface area (Å²) in [6.45, 7) is -0.0662. The van der Waals surface area contributed by atoms with Crippen LogP contribution >= 0.6 is 11.8 Å². The Morgan fingerprint density at radius 2 is 1.71 bits per heavy atom. The molecule has 0 radical (unpaired) electrons. The van der Waals surface area contributed by atoms with Gasteiger partial charge >= 0.3 is 5.97 Å². The number of nitrogens with one attached hydrogen (secondary N) is 2. The Balaban J connectivity index is 1.47. The van der Waals surface area contributed by atoms with Crippen LogP contribution in [0.4, 0.5) is 5.69 Å². The number of hydroxylamine groups is 1. The standard InChI is InChI=1S/C30H33N3O8S/c34-17-19-10-12-20(13-11-19)25-16-23(18-42-28-24(29(37)38)7-4-14-31-28)40-30(41-25)21-5-3-6-22(15-21)32-26(35)8-1-2-9-27(36)33-39/h3-7,10-15,23,25,30,34,39H,1-2,8-9,16-18H2,(H,32,35)(H,33,36)(H,37,38)/t23-,25+,30+/m1/s1. The van der Waals surface area contributed by atoms with E-state index in [2.05, 4.69) is 10.3 Å². The smallest absolute Gasteiger partial charge is 0.338 e. The molecule has 42 heavy (non-hydrogen) atoms. The quantitative estimate of drug-likeness (QED) is 0.0814. The number of hydrogen-bond donors (Lipinski definition) is 5. The second-order valence-electron chi connectivity index (χ2n) is 9.74. The molecule has 222 valence electrons. The van der Waals surface area contributed by atoms with E-state index in [1.807, 2.05) is 30.3 Å². The van der Waals surface area contributed by atoms with Gasteiger partial charge in [-0.3, -0.25) is 14.8 Å². The molecule has 0 unspecified atom stereocenters. The summed E-state index contributed by atoms with van der Waals surface area (Å²) in [5.41, 5.74) is 4.66. The first-order valence-corrected chi connectivity index (χ1v) is 14.5. The number of carbonyl (C=O) groups excluding carboxylic acids is 2. The molecule has 2 amide bonds. The van der Waals surface area contributed by atoms with Gasteiger partial charge in [-0.25, -0.2) is 15.3 Å². The molecule has 4 rings (SSSR count). The van der Waals surface area contributed by atoms with Crippen molar-refractivity contribution in [2.24, 2.45) is 0 Å². The van der Waals surface area contributed by atoms with E-state index in [1.165, 1.54) is 17.8 Å². The molecule has 1 fully saturated rings. The van der Waals surface area contributed by atoms with Gasteiger partial charge in [0.15, 0.2) is 6.29 Å². The number of amides is 2. The molecule has 1 aliphatic rings. The normalized spacial score (nSPS) is 18.3. The third kappa shape index (κ3) is 8.84. The van der Waals surface area contributed by atoms with Crippen LogP contribution in [-0.2, 0) is 25.7 Å². The molecular weight excluding hydrogens is 562 g/mol. The molecule has 5 N–H and O–H groups in total. The Hall–Kier alpha value is -3.81. The number of aliphatic hydroxyl groups excluding tert-OH is 1. The lowest BCUT2D eigenvalue weighted by molar-refractivity contribution is -0.245. The maximum atomic E-state index is 12.5. The third-order valence-corrected chi connectivity index (χ3v) is 7.78. The fraction of sp³-hybridized carbons (Fsp3) is 0.333. The van der Waals surface area contributed by atoms with Crippen LogP contribution in [0.15, 0.2) is 71.9 Å². The molecule has 0 aliphatic carbocycles.